The van der Waals surface area contributed by atoms with Crippen molar-refractivity contribution >= 4 is 0 Å². The molecule has 1 aliphatic rings. The number of nitrogens with zero attached hydrogens (tertiary/aromatic N) is 1. The number of hydrogen-bond acceptors (Lipinski definition) is 1. The average molecular weight is 319 g/mol. The van der Waals surface area contributed by atoms with E-state index in [0.29, 0.717) is 0 Å². The second kappa shape index (κ2) is 5.71. The van der Waals surface area contributed by atoms with E-state index >= 15 is 0 Å². The van der Waals surface area contributed by atoms with Gasteiger partial charge < -0.3 is 0 Å². The number of rotatable bonds is 2. The molecule has 25 heavy (non-hydrogen) atoms. The Labute approximate surface area is 147 Å². The molecule has 3 aromatic carbocycles. The van der Waals surface area contributed by atoms with E-state index in [9.17, 15) is 0 Å². The van der Waals surface area contributed by atoms with E-state index in [4.69, 9.17) is 4.98 Å². The number of aromatic nitrogens is 1. The van der Waals surface area contributed by atoms with E-state index < -0.39 is 0 Å². The molecule has 0 radical (unpaired) electrons. The van der Waals surface area contributed by atoms with Gasteiger partial charge in [-0.15, -0.1) is 0 Å². The molecule has 0 amide bonds. The van der Waals surface area contributed by atoms with Crippen LogP contribution in [0, 0.1) is 0 Å². The lowest BCUT2D eigenvalue weighted by atomic mass is 9.97. The summed E-state index contributed by atoms with van der Waals surface area (Å²) in [6.07, 6.45) is 0.980. The first-order valence-corrected chi connectivity index (χ1v) is 8.63. The molecule has 0 N–H and O–H groups in total. The Morgan fingerprint density at radius 2 is 1.24 bits per heavy atom. The van der Waals surface area contributed by atoms with E-state index in [0.717, 1.165) is 17.8 Å². The Hall–Kier alpha value is -3.19. The van der Waals surface area contributed by atoms with Crippen LogP contribution >= 0.6 is 0 Å². The van der Waals surface area contributed by atoms with Gasteiger partial charge in [-0.1, -0.05) is 84.9 Å². The van der Waals surface area contributed by atoms with Crippen molar-refractivity contribution in [3.63, 3.8) is 0 Å². The molecular formula is C24H17N. The van der Waals surface area contributed by atoms with Gasteiger partial charge in [-0.05, 0) is 29.2 Å². The predicted octanol–water partition coefficient (Wildman–Crippen LogP) is 5.99. The molecule has 0 aliphatic heterocycles. The molecule has 1 aliphatic carbocycles. The number of pyridine rings is 1. The second-order valence-electron chi connectivity index (χ2n) is 6.46. The summed E-state index contributed by atoms with van der Waals surface area (Å²) in [6.45, 7) is 0. The number of fused-ring (bicyclic) bond motifs is 3. The average Bonchev–Trinajstić information content (AvgIpc) is 3.07. The lowest BCUT2D eigenvalue weighted by Gasteiger charge is -2.12. The molecule has 0 spiro atoms. The highest BCUT2D eigenvalue weighted by Gasteiger charge is 2.24. The number of benzene rings is 3. The van der Waals surface area contributed by atoms with Gasteiger partial charge in [0.25, 0.3) is 0 Å². The van der Waals surface area contributed by atoms with Crippen LogP contribution in [0.25, 0.3) is 33.6 Å². The van der Waals surface area contributed by atoms with Crippen LogP contribution in [0.5, 0.6) is 0 Å². The van der Waals surface area contributed by atoms with Gasteiger partial charge in [-0.25, -0.2) is 4.98 Å². The summed E-state index contributed by atoms with van der Waals surface area (Å²) in [5.41, 5.74) is 9.85. The highest BCUT2D eigenvalue weighted by molar-refractivity contribution is 5.90. The first-order chi connectivity index (χ1) is 12.4. The van der Waals surface area contributed by atoms with Crippen molar-refractivity contribution in [2.75, 3.05) is 0 Å². The third kappa shape index (κ3) is 2.36. The summed E-state index contributed by atoms with van der Waals surface area (Å²) >= 11 is 0. The van der Waals surface area contributed by atoms with Gasteiger partial charge in [-0.3, -0.25) is 0 Å². The minimum absolute atomic E-state index is 0.980. The van der Waals surface area contributed by atoms with Gasteiger partial charge in [0, 0.05) is 16.7 Å². The van der Waals surface area contributed by atoms with Crippen LogP contribution in [-0.2, 0) is 6.42 Å². The molecule has 0 saturated heterocycles. The second-order valence-corrected chi connectivity index (χ2v) is 6.46. The van der Waals surface area contributed by atoms with Crippen molar-refractivity contribution in [2.24, 2.45) is 0 Å². The van der Waals surface area contributed by atoms with E-state index in [-0.39, 0.29) is 0 Å². The Bertz CT molecular complexity index is 1050. The molecule has 0 bridgehead atoms. The highest BCUT2D eigenvalue weighted by atomic mass is 14.7. The molecule has 0 atom stereocenters. The van der Waals surface area contributed by atoms with Crippen molar-refractivity contribution in [1.29, 1.82) is 0 Å². The molecule has 5 rings (SSSR count). The molecule has 1 heterocycles. The quantitative estimate of drug-likeness (QED) is 0.389. The molecule has 118 valence electrons. The van der Waals surface area contributed by atoms with Gasteiger partial charge in [0.1, 0.15) is 0 Å². The molecule has 1 nitrogen and oxygen atoms in total. The first kappa shape index (κ1) is 14.2. The summed E-state index contributed by atoms with van der Waals surface area (Å²) in [7, 11) is 0. The lowest BCUT2D eigenvalue weighted by Crippen LogP contribution is -1.94. The molecule has 0 unspecified atom stereocenters. The molecule has 1 heteroatoms. The summed E-state index contributed by atoms with van der Waals surface area (Å²) < 4.78 is 0. The van der Waals surface area contributed by atoms with Crippen molar-refractivity contribution in [2.45, 2.75) is 6.42 Å². The topological polar surface area (TPSA) is 12.9 Å². The fraction of sp³-hybridized carbons (Fsp3) is 0.0417. The molecule has 4 aromatic rings. The predicted molar refractivity (Wildman–Crippen MR) is 103 cm³/mol. The van der Waals surface area contributed by atoms with Crippen LogP contribution in [0.15, 0.2) is 91.0 Å². The van der Waals surface area contributed by atoms with Crippen molar-refractivity contribution < 1.29 is 0 Å². The van der Waals surface area contributed by atoms with E-state index in [1.807, 2.05) is 6.07 Å². The Kier molecular flexibility index (Phi) is 3.24. The summed E-state index contributed by atoms with van der Waals surface area (Å²) in [4.78, 5) is 5.08. The largest absolute Gasteiger partial charge is 0.247 e. The minimum Gasteiger partial charge on any atom is -0.247 e. The molecular weight excluding hydrogens is 302 g/mol. The van der Waals surface area contributed by atoms with Crippen LogP contribution in [0.3, 0.4) is 0 Å². The zero-order valence-electron chi connectivity index (χ0n) is 13.8. The van der Waals surface area contributed by atoms with E-state index in [2.05, 4.69) is 84.9 Å². The van der Waals surface area contributed by atoms with Crippen LogP contribution in [0.1, 0.15) is 11.1 Å². The first-order valence-electron chi connectivity index (χ1n) is 8.63. The summed E-state index contributed by atoms with van der Waals surface area (Å²) in [5.74, 6) is 0. The SMILES string of the molecule is c1ccc(-c2cc3c(c(-c4ccccc4)n2)-c2ccccc2C3)cc1. The smallest absolute Gasteiger partial charge is 0.0790 e. The zero-order chi connectivity index (χ0) is 16.6. The van der Waals surface area contributed by atoms with Crippen molar-refractivity contribution in [3.05, 3.63) is 102 Å². The maximum absolute atomic E-state index is 5.08. The lowest BCUT2D eigenvalue weighted by molar-refractivity contribution is 1.23. The summed E-state index contributed by atoms with van der Waals surface area (Å²) in [5, 5.41) is 0. The van der Waals surface area contributed by atoms with Crippen LogP contribution < -0.4 is 0 Å². The highest BCUT2D eigenvalue weighted by Crippen LogP contribution is 2.43. The van der Waals surface area contributed by atoms with E-state index in [1.165, 1.54) is 33.4 Å². The molecule has 0 fully saturated rings. The minimum atomic E-state index is 0.980. The van der Waals surface area contributed by atoms with Crippen molar-refractivity contribution in [1.82, 2.24) is 4.98 Å². The normalized spacial score (nSPS) is 11.8. The Balaban J connectivity index is 1.80. The van der Waals surface area contributed by atoms with Gasteiger partial charge in [0.15, 0.2) is 0 Å². The molecule has 0 saturated carbocycles. The van der Waals surface area contributed by atoms with Crippen LogP contribution in [0.2, 0.25) is 0 Å². The third-order valence-corrected chi connectivity index (χ3v) is 4.89. The summed E-state index contributed by atoms with van der Waals surface area (Å²) in [6, 6.07) is 31.9. The fourth-order valence-corrected chi connectivity index (χ4v) is 3.72. The molecule has 1 aromatic heterocycles. The van der Waals surface area contributed by atoms with Gasteiger partial charge in [-0.2, -0.15) is 0 Å². The maximum Gasteiger partial charge on any atom is 0.0790 e. The van der Waals surface area contributed by atoms with E-state index in [1.54, 1.807) is 0 Å². The van der Waals surface area contributed by atoms with Gasteiger partial charge in [0.05, 0.1) is 11.4 Å². The van der Waals surface area contributed by atoms with Gasteiger partial charge >= 0.3 is 0 Å². The Morgan fingerprint density at radius 3 is 2.00 bits per heavy atom. The monoisotopic (exact) mass is 319 g/mol. The van der Waals surface area contributed by atoms with Gasteiger partial charge in [0.2, 0.25) is 0 Å². The standard InChI is InChI=1S/C24H17N/c1-3-9-17(10-4-1)22-16-20-15-19-13-7-8-14-21(19)23(20)24(25-22)18-11-5-2-6-12-18/h1-14,16H,15H2. The van der Waals surface area contributed by atoms with Crippen molar-refractivity contribution in [3.8, 4) is 33.6 Å². The van der Waals surface area contributed by atoms with Crippen LogP contribution in [-0.4, -0.2) is 4.98 Å². The maximum atomic E-state index is 5.08. The number of hydrogen-bond donors (Lipinski definition) is 0. The Morgan fingerprint density at radius 1 is 0.600 bits per heavy atom. The third-order valence-electron chi connectivity index (χ3n) is 4.89. The zero-order valence-corrected chi connectivity index (χ0v) is 13.8. The fourth-order valence-electron chi connectivity index (χ4n) is 3.72. The van der Waals surface area contributed by atoms with Crippen LogP contribution in [0.4, 0.5) is 0 Å².